The van der Waals surface area contributed by atoms with Gasteiger partial charge >= 0.3 is 0 Å². The van der Waals surface area contributed by atoms with Gasteiger partial charge in [0.15, 0.2) is 0 Å². The molecule has 1 fully saturated rings. The molecule has 1 amide bonds. The number of para-hydroxylation sites is 1. The molecular weight excluding hydrogens is 330 g/mol. The molecule has 0 bridgehead atoms. The van der Waals surface area contributed by atoms with Crippen molar-refractivity contribution in [2.75, 3.05) is 26.2 Å². The fourth-order valence-electron chi connectivity index (χ4n) is 3.30. The molecule has 0 radical (unpaired) electrons. The van der Waals surface area contributed by atoms with Gasteiger partial charge in [-0.05, 0) is 24.6 Å². The molecule has 1 saturated heterocycles. The summed E-state index contributed by atoms with van der Waals surface area (Å²) in [6, 6.07) is 9.53. The van der Waals surface area contributed by atoms with Crippen molar-refractivity contribution in [3.8, 4) is 5.69 Å². The van der Waals surface area contributed by atoms with Gasteiger partial charge in [-0.15, -0.1) is 0 Å². The second-order valence-corrected chi connectivity index (χ2v) is 6.36. The number of hydrogen-bond donors (Lipinski definition) is 1. The Balaban J connectivity index is 1.47. The maximum absolute atomic E-state index is 13.1. The van der Waals surface area contributed by atoms with E-state index >= 15 is 0 Å². The maximum atomic E-state index is 13.1. The van der Waals surface area contributed by atoms with E-state index in [4.69, 9.17) is 0 Å². The molecule has 1 aromatic carbocycles. The number of carbonyl (C=O) groups is 1. The van der Waals surface area contributed by atoms with Gasteiger partial charge in [0, 0.05) is 44.6 Å². The van der Waals surface area contributed by atoms with E-state index < -0.39 is 0 Å². The van der Waals surface area contributed by atoms with Crippen LogP contribution < -0.4 is 0 Å². The molecule has 0 spiro atoms. The average molecular weight is 351 g/mol. The highest BCUT2D eigenvalue weighted by Gasteiger charge is 2.23. The SMILES string of the molecule is O=C(c1ccccc1-n1cncn1)N1CCCN(Cc2ccn[nH]2)CC1. The first kappa shape index (κ1) is 16.5. The van der Waals surface area contributed by atoms with E-state index in [0.29, 0.717) is 12.1 Å². The molecule has 0 saturated carbocycles. The zero-order valence-electron chi connectivity index (χ0n) is 14.5. The summed E-state index contributed by atoms with van der Waals surface area (Å²) in [5, 5.41) is 11.2. The molecule has 2 aromatic heterocycles. The van der Waals surface area contributed by atoms with E-state index in [0.717, 1.165) is 44.0 Å². The highest BCUT2D eigenvalue weighted by molar-refractivity contribution is 5.97. The zero-order valence-corrected chi connectivity index (χ0v) is 14.5. The van der Waals surface area contributed by atoms with E-state index in [-0.39, 0.29) is 5.91 Å². The highest BCUT2D eigenvalue weighted by Crippen LogP contribution is 2.17. The molecule has 3 aromatic rings. The Morgan fingerprint density at radius 3 is 2.85 bits per heavy atom. The van der Waals surface area contributed by atoms with Gasteiger partial charge in [0.1, 0.15) is 12.7 Å². The molecule has 0 atom stereocenters. The van der Waals surface area contributed by atoms with Crippen LogP contribution in [0.2, 0.25) is 0 Å². The van der Waals surface area contributed by atoms with Crippen molar-refractivity contribution in [1.29, 1.82) is 0 Å². The summed E-state index contributed by atoms with van der Waals surface area (Å²) in [6.45, 7) is 4.10. The first-order chi connectivity index (χ1) is 12.8. The van der Waals surface area contributed by atoms with Gasteiger partial charge in [-0.2, -0.15) is 10.2 Å². The molecule has 1 aliphatic rings. The number of amides is 1. The average Bonchev–Trinajstić information content (AvgIpc) is 3.33. The Labute approximate surface area is 151 Å². The van der Waals surface area contributed by atoms with E-state index in [1.807, 2.05) is 35.2 Å². The lowest BCUT2D eigenvalue weighted by atomic mass is 10.1. The van der Waals surface area contributed by atoms with Crippen molar-refractivity contribution in [1.82, 2.24) is 34.8 Å². The van der Waals surface area contributed by atoms with Crippen LogP contribution in [0.5, 0.6) is 0 Å². The Hall–Kier alpha value is -3.00. The summed E-state index contributed by atoms with van der Waals surface area (Å²) in [5.74, 6) is 0.0412. The molecule has 1 aliphatic heterocycles. The summed E-state index contributed by atoms with van der Waals surface area (Å²) >= 11 is 0. The second kappa shape index (κ2) is 7.49. The standard InChI is InChI=1S/C18H21N7O/c26-18(16-4-1-2-5-17(16)25-14-19-13-21-25)24-9-3-8-23(10-11-24)12-15-6-7-20-22-15/h1-2,4-7,13-14H,3,8-12H2,(H,20,22). The van der Waals surface area contributed by atoms with Crippen molar-refractivity contribution in [3.63, 3.8) is 0 Å². The molecule has 134 valence electrons. The third kappa shape index (κ3) is 3.50. The topological polar surface area (TPSA) is 82.9 Å². The highest BCUT2D eigenvalue weighted by atomic mass is 16.2. The van der Waals surface area contributed by atoms with Crippen LogP contribution in [-0.4, -0.2) is 66.8 Å². The number of benzene rings is 1. The Bertz CT molecular complexity index is 844. The predicted molar refractivity (Wildman–Crippen MR) is 95.7 cm³/mol. The Morgan fingerprint density at radius 2 is 2.04 bits per heavy atom. The van der Waals surface area contributed by atoms with Crippen molar-refractivity contribution < 1.29 is 4.79 Å². The van der Waals surface area contributed by atoms with Gasteiger partial charge in [0.25, 0.3) is 5.91 Å². The molecule has 8 heteroatoms. The molecule has 26 heavy (non-hydrogen) atoms. The maximum Gasteiger partial charge on any atom is 0.256 e. The van der Waals surface area contributed by atoms with E-state index in [1.54, 1.807) is 17.2 Å². The van der Waals surface area contributed by atoms with Crippen molar-refractivity contribution in [2.24, 2.45) is 0 Å². The number of carbonyl (C=O) groups excluding carboxylic acids is 1. The number of aromatic nitrogens is 5. The molecule has 8 nitrogen and oxygen atoms in total. The van der Waals surface area contributed by atoms with Crippen LogP contribution in [0, 0.1) is 0 Å². The van der Waals surface area contributed by atoms with Crippen molar-refractivity contribution in [2.45, 2.75) is 13.0 Å². The number of aromatic amines is 1. The van der Waals surface area contributed by atoms with E-state index in [1.165, 1.54) is 6.33 Å². The quantitative estimate of drug-likeness (QED) is 0.767. The fourth-order valence-corrected chi connectivity index (χ4v) is 3.30. The molecular formula is C18H21N7O. The number of nitrogens with zero attached hydrogens (tertiary/aromatic N) is 6. The lowest BCUT2D eigenvalue weighted by molar-refractivity contribution is 0.0761. The summed E-state index contributed by atoms with van der Waals surface area (Å²) in [5.41, 5.74) is 2.51. The summed E-state index contributed by atoms with van der Waals surface area (Å²) in [6.07, 6.45) is 5.80. The van der Waals surface area contributed by atoms with Crippen LogP contribution in [-0.2, 0) is 6.54 Å². The Kier molecular flexibility index (Phi) is 4.74. The fraction of sp³-hybridized carbons (Fsp3) is 0.333. The first-order valence-corrected chi connectivity index (χ1v) is 8.75. The van der Waals surface area contributed by atoms with Crippen molar-refractivity contribution >= 4 is 5.91 Å². The lowest BCUT2D eigenvalue weighted by Gasteiger charge is -2.22. The van der Waals surface area contributed by atoms with Crippen LogP contribution in [0.25, 0.3) is 5.69 Å². The van der Waals surface area contributed by atoms with Gasteiger partial charge in [0.2, 0.25) is 0 Å². The van der Waals surface area contributed by atoms with Crippen LogP contribution in [0.1, 0.15) is 22.5 Å². The normalized spacial score (nSPS) is 15.8. The number of hydrogen-bond acceptors (Lipinski definition) is 5. The van der Waals surface area contributed by atoms with Crippen LogP contribution in [0.3, 0.4) is 0 Å². The van der Waals surface area contributed by atoms with E-state index in [2.05, 4.69) is 25.2 Å². The van der Waals surface area contributed by atoms with Gasteiger partial charge in [-0.1, -0.05) is 12.1 Å². The summed E-state index contributed by atoms with van der Waals surface area (Å²) < 4.78 is 1.63. The minimum absolute atomic E-state index is 0.0412. The van der Waals surface area contributed by atoms with E-state index in [9.17, 15) is 4.79 Å². The molecule has 0 aliphatic carbocycles. The molecule has 4 rings (SSSR count). The second-order valence-electron chi connectivity index (χ2n) is 6.36. The first-order valence-electron chi connectivity index (χ1n) is 8.75. The summed E-state index contributed by atoms with van der Waals surface area (Å²) in [4.78, 5) is 21.4. The van der Waals surface area contributed by atoms with Crippen molar-refractivity contribution in [3.05, 3.63) is 60.4 Å². The minimum Gasteiger partial charge on any atom is -0.337 e. The third-order valence-corrected chi connectivity index (χ3v) is 4.63. The smallest absolute Gasteiger partial charge is 0.256 e. The molecule has 3 heterocycles. The zero-order chi connectivity index (χ0) is 17.8. The molecule has 1 N–H and O–H groups in total. The minimum atomic E-state index is 0.0412. The van der Waals surface area contributed by atoms with Gasteiger partial charge in [0.05, 0.1) is 11.3 Å². The number of nitrogens with one attached hydrogen (secondary N) is 1. The lowest BCUT2D eigenvalue weighted by Crippen LogP contribution is -2.35. The Morgan fingerprint density at radius 1 is 1.12 bits per heavy atom. The van der Waals surface area contributed by atoms with Crippen LogP contribution >= 0.6 is 0 Å². The third-order valence-electron chi connectivity index (χ3n) is 4.63. The predicted octanol–water partition coefficient (Wildman–Crippen LogP) is 1.34. The van der Waals surface area contributed by atoms with Crippen LogP contribution in [0.4, 0.5) is 0 Å². The largest absolute Gasteiger partial charge is 0.337 e. The number of H-pyrrole nitrogens is 1. The number of rotatable bonds is 4. The molecule has 0 unspecified atom stereocenters. The van der Waals surface area contributed by atoms with Crippen LogP contribution in [0.15, 0.2) is 49.2 Å². The van der Waals surface area contributed by atoms with Gasteiger partial charge < -0.3 is 4.90 Å². The van der Waals surface area contributed by atoms with Gasteiger partial charge in [-0.3, -0.25) is 14.8 Å². The summed E-state index contributed by atoms with van der Waals surface area (Å²) in [7, 11) is 0. The monoisotopic (exact) mass is 351 g/mol. The van der Waals surface area contributed by atoms with Gasteiger partial charge in [-0.25, -0.2) is 9.67 Å².